The third-order valence-corrected chi connectivity index (χ3v) is 7.10. The van der Waals surface area contributed by atoms with Crippen LogP contribution in [0.15, 0.2) is 12.1 Å². The number of nitrogens with one attached hydrogen (secondary N) is 3. The average molecular weight is 639 g/mol. The van der Waals surface area contributed by atoms with Gasteiger partial charge in [0, 0.05) is 6.42 Å². The van der Waals surface area contributed by atoms with Crippen molar-refractivity contribution < 1.29 is 33.2 Å². The molecule has 12 nitrogen and oxygen atoms in total. The number of rotatable bonds is 14. The lowest BCUT2D eigenvalue weighted by Gasteiger charge is -2.32. The van der Waals surface area contributed by atoms with Gasteiger partial charge in [-0.25, -0.2) is 28.9 Å². The van der Waals surface area contributed by atoms with Crippen LogP contribution in [0.5, 0.6) is 0 Å². The maximum Gasteiger partial charge on any atom is 0.359 e. The second-order valence-electron chi connectivity index (χ2n) is 8.45. The fourth-order valence-electron chi connectivity index (χ4n) is 3.28. The Labute approximate surface area is 251 Å². The zero-order valence-electron chi connectivity index (χ0n) is 22.0. The Morgan fingerprint density at radius 1 is 0.975 bits per heavy atom. The van der Waals surface area contributed by atoms with Gasteiger partial charge in [-0.1, -0.05) is 46.4 Å². The summed E-state index contributed by atoms with van der Waals surface area (Å²) in [6.07, 6.45) is 0.878. The number of carbonyl (C=O) groups is 4. The van der Waals surface area contributed by atoms with Crippen molar-refractivity contribution in [3.63, 3.8) is 0 Å². The first-order valence-corrected chi connectivity index (χ1v) is 13.6. The van der Waals surface area contributed by atoms with E-state index in [0.717, 1.165) is 0 Å². The summed E-state index contributed by atoms with van der Waals surface area (Å²) in [6.45, 7) is 4.59. The van der Waals surface area contributed by atoms with E-state index in [1.807, 2.05) is 6.92 Å². The number of hydrogen-bond acceptors (Lipinski definition) is 8. The number of quaternary nitrogens is 1. The molecule has 2 rings (SSSR count). The lowest BCUT2D eigenvalue weighted by molar-refractivity contribution is -0.941. The minimum absolute atomic E-state index is 0.0150. The normalized spacial score (nSPS) is 12.2. The molecule has 0 saturated heterocycles. The highest BCUT2D eigenvalue weighted by Gasteiger charge is 2.24. The molecule has 0 bridgehead atoms. The van der Waals surface area contributed by atoms with Crippen LogP contribution in [0, 0.1) is 0 Å². The van der Waals surface area contributed by atoms with Crippen molar-refractivity contribution in [1.29, 1.82) is 0 Å². The predicted molar refractivity (Wildman–Crippen MR) is 149 cm³/mol. The van der Waals surface area contributed by atoms with Gasteiger partial charge in [0.05, 0.1) is 71.4 Å². The van der Waals surface area contributed by atoms with Crippen molar-refractivity contribution >= 4 is 70.8 Å². The molecule has 0 fully saturated rings. The monoisotopic (exact) mass is 637 g/mol. The molecule has 0 radical (unpaired) electrons. The molecule has 3 amide bonds. The molecule has 0 saturated carbocycles. The van der Waals surface area contributed by atoms with Crippen molar-refractivity contribution in [1.82, 2.24) is 26.0 Å². The van der Waals surface area contributed by atoms with Crippen LogP contribution in [-0.4, -0.2) is 72.3 Å². The number of amides is 3. The SMILES string of the molecule is CCOC(=O)c1cc(Cl)c(Cl)c(CNC(=O)N[N+](C)(CC)CCCOC(=O)c2nc(CNC=O)cc(Cl)c2Cl)n1. The molecule has 1 unspecified atom stereocenters. The molecule has 0 spiro atoms. The first kappa shape index (κ1) is 33.3. The van der Waals surface area contributed by atoms with Gasteiger partial charge in [0.2, 0.25) is 6.41 Å². The van der Waals surface area contributed by atoms with Gasteiger partial charge in [-0.2, -0.15) is 5.43 Å². The molecule has 2 heterocycles. The van der Waals surface area contributed by atoms with Gasteiger partial charge in [0.15, 0.2) is 5.69 Å². The quantitative estimate of drug-likeness (QED) is 0.0926. The topological polar surface area (TPSA) is 149 Å². The minimum Gasteiger partial charge on any atom is -0.461 e. The summed E-state index contributed by atoms with van der Waals surface area (Å²) in [6, 6.07) is 2.21. The van der Waals surface area contributed by atoms with Crippen molar-refractivity contribution in [2.75, 3.05) is 33.4 Å². The molecular formula is C24H29Cl4N6O6+. The third-order valence-electron chi connectivity index (χ3n) is 5.51. The van der Waals surface area contributed by atoms with Crippen LogP contribution in [-0.2, 0) is 27.4 Å². The maximum absolute atomic E-state index is 12.6. The molecule has 0 aliphatic heterocycles. The van der Waals surface area contributed by atoms with Gasteiger partial charge in [0.1, 0.15) is 12.2 Å². The van der Waals surface area contributed by atoms with Crippen LogP contribution in [0.25, 0.3) is 0 Å². The molecule has 1 atom stereocenters. The Morgan fingerprint density at radius 3 is 2.33 bits per heavy atom. The van der Waals surface area contributed by atoms with E-state index < -0.39 is 18.0 Å². The number of ether oxygens (including phenoxy) is 2. The number of hydrogen-bond donors (Lipinski definition) is 3. The molecular weight excluding hydrogens is 610 g/mol. The van der Waals surface area contributed by atoms with Crippen LogP contribution in [0.1, 0.15) is 52.6 Å². The molecule has 2 aromatic rings. The number of urea groups is 1. The summed E-state index contributed by atoms with van der Waals surface area (Å²) in [5, 5.41) is 5.32. The molecule has 2 aromatic heterocycles. The number of halogens is 4. The van der Waals surface area contributed by atoms with Crippen LogP contribution >= 0.6 is 46.4 Å². The summed E-state index contributed by atoms with van der Waals surface area (Å²) in [4.78, 5) is 55.9. The second-order valence-corrected chi connectivity index (χ2v) is 10.0. The number of esters is 2. The second kappa shape index (κ2) is 15.8. The minimum atomic E-state index is -0.774. The first-order chi connectivity index (χ1) is 18.9. The zero-order chi connectivity index (χ0) is 29.9. The van der Waals surface area contributed by atoms with Crippen molar-refractivity contribution in [2.24, 2.45) is 0 Å². The number of nitrogens with zero attached hydrogens (tertiary/aromatic N) is 3. The van der Waals surface area contributed by atoms with E-state index in [-0.39, 0.29) is 68.1 Å². The molecule has 40 heavy (non-hydrogen) atoms. The number of aromatic nitrogens is 2. The van der Waals surface area contributed by atoms with Crippen molar-refractivity contribution in [2.45, 2.75) is 33.4 Å². The van der Waals surface area contributed by atoms with E-state index in [1.54, 1.807) is 14.0 Å². The first-order valence-electron chi connectivity index (χ1n) is 12.1. The Bertz CT molecular complexity index is 1250. The Kier molecular flexibility index (Phi) is 13.1. The fraction of sp³-hybridized carbons (Fsp3) is 0.417. The van der Waals surface area contributed by atoms with E-state index in [9.17, 15) is 19.2 Å². The molecule has 16 heteroatoms. The molecule has 3 N–H and O–H groups in total. The zero-order valence-corrected chi connectivity index (χ0v) is 25.0. The van der Waals surface area contributed by atoms with E-state index in [1.165, 1.54) is 12.1 Å². The van der Waals surface area contributed by atoms with Crippen molar-refractivity contribution in [3.05, 3.63) is 55.0 Å². The van der Waals surface area contributed by atoms with Gasteiger partial charge >= 0.3 is 18.0 Å². The predicted octanol–water partition coefficient (Wildman–Crippen LogP) is 3.94. The third kappa shape index (κ3) is 9.63. The fourth-order valence-corrected chi connectivity index (χ4v) is 4.05. The van der Waals surface area contributed by atoms with Gasteiger partial charge < -0.3 is 20.1 Å². The smallest absolute Gasteiger partial charge is 0.359 e. The van der Waals surface area contributed by atoms with Crippen molar-refractivity contribution in [3.8, 4) is 0 Å². The van der Waals surface area contributed by atoms with Crippen LogP contribution in [0.4, 0.5) is 4.79 Å². The Hall–Kier alpha value is -2.90. The Balaban J connectivity index is 1.92. The lowest BCUT2D eigenvalue weighted by atomic mass is 10.3. The highest BCUT2D eigenvalue weighted by Crippen LogP contribution is 2.27. The molecule has 0 aromatic carbocycles. The van der Waals surface area contributed by atoms with Crippen LogP contribution in [0.3, 0.4) is 0 Å². The van der Waals surface area contributed by atoms with Gasteiger partial charge in [0.25, 0.3) is 0 Å². The largest absolute Gasteiger partial charge is 0.461 e. The highest BCUT2D eigenvalue weighted by molar-refractivity contribution is 6.43. The summed E-state index contributed by atoms with van der Waals surface area (Å²) in [5.74, 6) is -1.43. The maximum atomic E-state index is 12.6. The standard InChI is InChI=1S/C24H28Cl4N6O6/c1-4-34(3,7-6-8-40-23(37)21-20(28)15(25)9-14(31-21)11-29-13-35)33-24(38)30-12-18-19(27)16(26)10-17(32-18)22(36)39-5-2/h9-10,13H,4-8,11-12H2,1-3H3,(H2-,29,30,33,35,38)/p+1. The van der Waals surface area contributed by atoms with E-state index >= 15 is 0 Å². The molecule has 218 valence electrons. The Morgan fingerprint density at radius 2 is 1.68 bits per heavy atom. The van der Waals surface area contributed by atoms with Gasteiger partial charge in [-0.3, -0.25) is 4.79 Å². The van der Waals surface area contributed by atoms with Crippen LogP contribution < -0.4 is 16.1 Å². The summed E-state index contributed by atoms with van der Waals surface area (Å²) >= 11 is 24.5. The highest BCUT2D eigenvalue weighted by atomic mass is 35.5. The van der Waals surface area contributed by atoms with E-state index in [2.05, 4.69) is 26.0 Å². The van der Waals surface area contributed by atoms with Crippen LogP contribution in [0.2, 0.25) is 20.1 Å². The summed E-state index contributed by atoms with van der Waals surface area (Å²) in [7, 11) is 1.78. The average Bonchev–Trinajstić information content (AvgIpc) is 2.92. The molecule has 0 aliphatic rings. The number of pyridine rings is 2. The summed E-state index contributed by atoms with van der Waals surface area (Å²) < 4.78 is 10.3. The lowest BCUT2D eigenvalue weighted by Crippen LogP contribution is -2.60. The molecule has 0 aliphatic carbocycles. The van der Waals surface area contributed by atoms with Gasteiger partial charge in [-0.05, 0) is 26.0 Å². The van der Waals surface area contributed by atoms with E-state index in [0.29, 0.717) is 31.6 Å². The van der Waals surface area contributed by atoms with E-state index in [4.69, 9.17) is 55.9 Å². The number of carbonyl (C=O) groups excluding carboxylic acids is 4. The summed E-state index contributed by atoms with van der Waals surface area (Å²) in [5.41, 5.74) is 3.18. The van der Waals surface area contributed by atoms with Gasteiger partial charge in [-0.15, -0.1) is 0 Å².